The summed E-state index contributed by atoms with van der Waals surface area (Å²) in [7, 11) is 0. The summed E-state index contributed by atoms with van der Waals surface area (Å²) in [4.78, 5) is 21.8. The van der Waals surface area contributed by atoms with Crippen molar-refractivity contribution in [3.8, 4) is 0 Å². The Kier molecular flexibility index (Phi) is 5.39. The number of ether oxygens (including phenoxy) is 3. The lowest BCUT2D eigenvalue weighted by molar-refractivity contribution is -0.360. The fraction of sp³-hybridized carbons (Fsp3) is 0.667. The smallest absolute Gasteiger partial charge is 0.229 e. The Morgan fingerprint density at radius 3 is 2.21 bits per heavy atom. The van der Waals surface area contributed by atoms with E-state index in [4.69, 9.17) is 9.47 Å². The number of aliphatic hydroxyl groups is 5. The summed E-state index contributed by atoms with van der Waals surface area (Å²) < 4.78 is 14.2. The van der Waals surface area contributed by atoms with Crippen LogP contribution in [-0.4, -0.2) is 86.7 Å². The van der Waals surface area contributed by atoms with Crippen LogP contribution in [0, 0.1) is 0 Å². The number of carbonyl (C=O) groups excluding carboxylic acids is 2. The zero-order valence-corrected chi connectivity index (χ0v) is 11.8. The van der Waals surface area contributed by atoms with E-state index in [0.717, 1.165) is 0 Å². The minimum absolute atomic E-state index is 0.627. The minimum atomic E-state index is -2.08. The fourth-order valence-electron chi connectivity index (χ4n) is 2.22. The van der Waals surface area contributed by atoms with E-state index < -0.39 is 66.9 Å². The Bertz CT molecular complexity index is 532. The van der Waals surface area contributed by atoms with Gasteiger partial charge in [0.25, 0.3) is 0 Å². The van der Waals surface area contributed by atoms with Crippen molar-refractivity contribution in [1.29, 1.82) is 0 Å². The molecule has 2 aliphatic heterocycles. The van der Waals surface area contributed by atoms with Crippen molar-refractivity contribution in [2.75, 3.05) is 0 Å². The molecule has 0 aromatic rings. The second-order valence-corrected chi connectivity index (χ2v) is 5.13. The van der Waals surface area contributed by atoms with E-state index in [1.807, 2.05) is 0 Å². The molecule has 1 unspecified atom stereocenters. The van der Waals surface area contributed by atoms with Gasteiger partial charge in [-0.2, -0.15) is 0 Å². The van der Waals surface area contributed by atoms with Gasteiger partial charge in [0.2, 0.25) is 6.29 Å². The first-order valence-electron chi connectivity index (χ1n) is 6.65. The highest BCUT2D eigenvalue weighted by atomic mass is 16.7. The van der Waals surface area contributed by atoms with Crippen LogP contribution in [0.25, 0.3) is 0 Å². The average molecular weight is 350 g/mol. The van der Waals surface area contributed by atoms with E-state index in [9.17, 15) is 45.3 Å². The summed E-state index contributed by atoms with van der Waals surface area (Å²) in [5.41, 5.74) is 0. The molecule has 0 aliphatic carbocycles. The van der Waals surface area contributed by atoms with Crippen molar-refractivity contribution < 1.29 is 59.5 Å². The Morgan fingerprint density at radius 1 is 1.04 bits per heavy atom. The number of carbonyl (C=O) groups is 2. The van der Waals surface area contributed by atoms with Crippen LogP contribution >= 0.6 is 0 Å². The van der Waals surface area contributed by atoms with Gasteiger partial charge >= 0.3 is 0 Å². The van der Waals surface area contributed by atoms with Crippen molar-refractivity contribution in [1.82, 2.24) is 0 Å². The Balaban J connectivity index is 2.21. The van der Waals surface area contributed by atoms with Gasteiger partial charge in [0.05, 0.1) is 5.97 Å². The van der Waals surface area contributed by atoms with Crippen LogP contribution in [0.15, 0.2) is 11.8 Å². The number of rotatable bonds is 4. The molecule has 2 heterocycles. The Morgan fingerprint density at radius 2 is 1.67 bits per heavy atom. The number of hydrogen-bond acceptors (Lipinski definition) is 12. The van der Waals surface area contributed by atoms with Crippen molar-refractivity contribution in [2.24, 2.45) is 0 Å². The third-order valence-corrected chi connectivity index (χ3v) is 3.48. The monoisotopic (exact) mass is 350 g/mol. The molecule has 12 heteroatoms. The number of hydrogen-bond donors (Lipinski definition) is 5. The fourth-order valence-corrected chi connectivity index (χ4v) is 2.22. The number of aliphatic carboxylic acids is 2. The molecule has 24 heavy (non-hydrogen) atoms. The lowest BCUT2D eigenvalue weighted by Gasteiger charge is -2.43. The van der Waals surface area contributed by atoms with Gasteiger partial charge in [0.15, 0.2) is 6.29 Å². The van der Waals surface area contributed by atoms with E-state index in [-0.39, 0.29) is 0 Å². The van der Waals surface area contributed by atoms with Gasteiger partial charge in [-0.1, -0.05) is 0 Å². The van der Waals surface area contributed by atoms with Crippen molar-refractivity contribution >= 4 is 11.9 Å². The van der Waals surface area contributed by atoms with Crippen LogP contribution in [0.1, 0.15) is 0 Å². The lowest BCUT2D eigenvalue weighted by atomic mass is 9.98. The normalized spacial score (nSPS) is 42.8. The quantitative estimate of drug-likeness (QED) is 0.320. The molecular formula is C12H14O12-2. The molecule has 0 saturated carbocycles. The molecule has 0 bridgehead atoms. The lowest BCUT2D eigenvalue weighted by Crippen LogP contribution is -2.64. The van der Waals surface area contributed by atoms with E-state index in [0.29, 0.717) is 6.08 Å². The predicted octanol–water partition coefficient (Wildman–Crippen LogP) is -6.73. The molecule has 2 rings (SSSR count). The third-order valence-electron chi connectivity index (χ3n) is 3.48. The molecule has 136 valence electrons. The van der Waals surface area contributed by atoms with E-state index in [1.165, 1.54) is 0 Å². The predicted molar refractivity (Wildman–Crippen MR) is 62.8 cm³/mol. The summed E-state index contributed by atoms with van der Waals surface area (Å²) >= 11 is 0. The zero-order chi connectivity index (χ0) is 18.2. The van der Waals surface area contributed by atoms with Crippen LogP contribution < -0.4 is 10.2 Å². The second-order valence-electron chi connectivity index (χ2n) is 5.13. The molecule has 5 N–H and O–H groups in total. The van der Waals surface area contributed by atoms with Crippen LogP contribution in [0.4, 0.5) is 0 Å². The van der Waals surface area contributed by atoms with Crippen molar-refractivity contribution in [2.45, 2.75) is 49.2 Å². The molecule has 8 atom stereocenters. The van der Waals surface area contributed by atoms with Gasteiger partial charge in [-0.25, -0.2) is 0 Å². The van der Waals surface area contributed by atoms with E-state index in [2.05, 4.69) is 4.74 Å². The van der Waals surface area contributed by atoms with Gasteiger partial charge in [0, 0.05) is 0 Å². The zero-order valence-electron chi connectivity index (χ0n) is 11.8. The highest BCUT2D eigenvalue weighted by molar-refractivity contribution is 5.82. The molecule has 0 spiro atoms. The maximum Gasteiger partial charge on any atom is 0.229 e. The molecule has 0 amide bonds. The molecule has 1 fully saturated rings. The van der Waals surface area contributed by atoms with Gasteiger partial charge in [-0.05, 0) is 6.08 Å². The summed E-state index contributed by atoms with van der Waals surface area (Å²) in [6.45, 7) is 0. The molecule has 0 radical (unpaired) electrons. The summed E-state index contributed by atoms with van der Waals surface area (Å²) in [6.07, 6.45) is -14.9. The number of aliphatic hydroxyl groups excluding tert-OH is 5. The van der Waals surface area contributed by atoms with Crippen molar-refractivity contribution in [3.05, 3.63) is 11.8 Å². The second kappa shape index (κ2) is 6.98. The first-order valence-corrected chi connectivity index (χ1v) is 6.65. The topological polar surface area (TPSA) is 209 Å². The molecule has 2 aliphatic rings. The van der Waals surface area contributed by atoms with Crippen LogP contribution in [0.2, 0.25) is 0 Å². The minimum Gasteiger partial charge on any atom is -0.547 e. The standard InChI is InChI=1S/C12H16O12/c13-2-1-3(9(17)18)22-12(4(2)14)24-7-5(15)6(16)11(21)23-8(7)10(19)20/h1-2,4-8,11-16,21H,(H,17,18)(H,19,20)/p-2/t2-,4-,5+,6-,7-,8?,11+,12-/m0/s1. The van der Waals surface area contributed by atoms with E-state index in [1.54, 1.807) is 0 Å². The third kappa shape index (κ3) is 3.49. The van der Waals surface area contributed by atoms with Crippen LogP contribution in [0.3, 0.4) is 0 Å². The molecule has 0 aromatic carbocycles. The molecule has 0 aromatic heterocycles. The molecule has 12 nitrogen and oxygen atoms in total. The maximum absolute atomic E-state index is 11.0. The summed E-state index contributed by atoms with van der Waals surface area (Å²) in [5.74, 6) is -4.66. The highest BCUT2D eigenvalue weighted by Gasteiger charge is 2.48. The van der Waals surface area contributed by atoms with Gasteiger partial charge in [0.1, 0.15) is 48.4 Å². The Hall–Kier alpha value is -1.80. The molecular weight excluding hydrogens is 336 g/mol. The number of carboxylic acids is 2. The largest absolute Gasteiger partial charge is 0.547 e. The first kappa shape index (κ1) is 18.5. The number of carboxylic acid groups (broad SMARTS) is 2. The van der Waals surface area contributed by atoms with Crippen LogP contribution in [-0.2, 0) is 23.8 Å². The summed E-state index contributed by atoms with van der Waals surface area (Å²) in [6, 6.07) is 0. The van der Waals surface area contributed by atoms with E-state index >= 15 is 0 Å². The summed E-state index contributed by atoms with van der Waals surface area (Å²) in [5, 5.41) is 69.7. The van der Waals surface area contributed by atoms with Gasteiger partial charge in [-0.3, -0.25) is 0 Å². The van der Waals surface area contributed by atoms with Gasteiger partial charge in [-0.15, -0.1) is 0 Å². The maximum atomic E-state index is 11.0. The molecule has 1 saturated heterocycles. The van der Waals surface area contributed by atoms with Crippen LogP contribution in [0.5, 0.6) is 0 Å². The Labute approximate surface area is 133 Å². The average Bonchev–Trinajstić information content (AvgIpc) is 2.51. The highest BCUT2D eigenvalue weighted by Crippen LogP contribution is 2.27. The SMILES string of the molecule is O=C([O-])C1=C[C@H](O)[C@H](O)[C@H](O[C@@H]2C(C(=O)[O-])O[C@@H](O)[C@@H](O)[C@H]2O)O1. The van der Waals surface area contributed by atoms with Crippen molar-refractivity contribution in [3.63, 3.8) is 0 Å². The van der Waals surface area contributed by atoms with Gasteiger partial charge < -0.3 is 59.5 Å². The first-order chi connectivity index (χ1) is 11.1.